The standard InChI is InChI=1S/C19H18N4O3/c1-12(24)20-14-5-7-15(8-6-14)21-19-22-17(11-18(25)23-19)13-3-9-16(26-2)10-4-13/h3-11H,1-2H3,(H,20,24)(H2,21,22,23,25). The van der Waals surface area contributed by atoms with Gasteiger partial charge in [0.05, 0.1) is 12.8 Å². The van der Waals surface area contributed by atoms with Crippen LogP contribution >= 0.6 is 0 Å². The second-order valence-corrected chi connectivity index (χ2v) is 5.59. The molecule has 2 aromatic carbocycles. The summed E-state index contributed by atoms with van der Waals surface area (Å²) in [5.41, 5.74) is 2.52. The Kier molecular flexibility index (Phi) is 4.98. The Morgan fingerprint density at radius 1 is 1.04 bits per heavy atom. The van der Waals surface area contributed by atoms with Gasteiger partial charge in [0, 0.05) is 29.9 Å². The summed E-state index contributed by atoms with van der Waals surface area (Å²) in [7, 11) is 1.60. The number of carbonyl (C=O) groups excluding carboxylic acids is 1. The van der Waals surface area contributed by atoms with E-state index in [0.717, 1.165) is 17.0 Å². The highest BCUT2D eigenvalue weighted by atomic mass is 16.5. The van der Waals surface area contributed by atoms with Gasteiger partial charge in [0.15, 0.2) is 0 Å². The van der Waals surface area contributed by atoms with Crippen molar-refractivity contribution in [1.29, 1.82) is 0 Å². The zero-order chi connectivity index (χ0) is 18.5. The highest BCUT2D eigenvalue weighted by Crippen LogP contribution is 2.21. The van der Waals surface area contributed by atoms with Gasteiger partial charge in [-0.2, -0.15) is 0 Å². The van der Waals surface area contributed by atoms with Crippen molar-refractivity contribution in [3.05, 3.63) is 65.0 Å². The molecule has 0 spiro atoms. The number of benzene rings is 2. The molecule has 0 unspecified atom stereocenters. The minimum Gasteiger partial charge on any atom is -0.497 e. The first-order valence-electron chi connectivity index (χ1n) is 7.94. The summed E-state index contributed by atoms with van der Waals surface area (Å²) in [5.74, 6) is 0.927. The molecule has 0 radical (unpaired) electrons. The molecule has 1 heterocycles. The molecule has 7 heteroatoms. The van der Waals surface area contributed by atoms with E-state index >= 15 is 0 Å². The van der Waals surface area contributed by atoms with Gasteiger partial charge in [-0.1, -0.05) is 0 Å². The quantitative estimate of drug-likeness (QED) is 0.657. The van der Waals surface area contributed by atoms with Crippen LogP contribution in [0.5, 0.6) is 5.75 Å². The minimum absolute atomic E-state index is 0.135. The fourth-order valence-corrected chi connectivity index (χ4v) is 2.40. The molecule has 0 saturated heterocycles. The molecular weight excluding hydrogens is 332 g/mol. The van der Waals surface area contributed by atoms with E-state index in [0.29, 0.717) is 17.3 Å². The Morgan fingerprint density at radius 3 is 2.31 bits per heavy atom. The Hall–Kier alpha value is -3.61. The zero-order valence-electron chi connectivity index (χ0n) is 14.4. The number of H-pyrrole nitrogens is 1. The summed E-state index contributed by atoms with van der Waals surface area (Å²) in [4.78, 5) is 30.1. The van der Waals surface area contributed by atoms with Crippen molar-refractivity contribution in [2.75, 3.05) is 17.7 Å². The van der Waals surface area contributed by atoms with E-state index in [-0.39, 0.29) is 11.5 Å². The second-order valence-electron chi connectivity index (χ2n) is 5.59. The van der Waals surface area contributed by atoms with Gasteiger partial charge in [-0.05, 0) is 48.5 Å². The van der Waals surface area contributed by atoms with E-state index in [9.17, 15) is 9.59 Å². The number of hydrogen-bond acceptors (Lipinski definition) is 5. The fourth-order valence-electron chi connectivity index (χ4n) is 2.40. The molecule has 0 aliphatic rings. The largest absolute Gasteiger partial charge is 0.497 e. The normalized spacial score (nSPS) is 10.2. The van der Waals surface area contributed by atoms with E-state index in [2.05, 4.69) is 20.6 Å². The Bertz CT molecular complexity index is 963. The summed E-state index contributed by atoms with van der Waals surface area (Å²) < 4.78 is 5.14. The van der Waals surface area contributed by atoms with Crippen molar-refractivity contribution in [2.24, 2.45) is 0 Å². The van der Waals surface area contributed by atoms with Crippen LogP contribution in [0, 0.1) is 0 Å². The van der Waals surface area contributed by atoms with Crippen LogP contribution in [0.1, 0.15) is 6.92 Å². The SMILES string of the molecule is COc1ccc(-c2cc(=O)[nH]c(Nc3ccc(NC(C)=O)cc3)n2)cc1. The summed E-state index contributed by atoms with van der Waals surface area (Å²) in [6, 6.07) is 15.8. The van der Waals surface area contributed by atoms with Crippen LogP contribution in [0.2, 0.25) is 0 Å². The highest BCUT2D eigenvalue weighted by Gasteiger charge is 2.05. The predicted octanol–water partition coefficient (Wildman–Crippen LogP) is 3.15. The first kappa shape index (κ1) is 17.2. The van der Waals surface area contributed by atoms with E-state index in [1.54, 1.807) is 31.4 Å². The maximum Gasteiger partial charge on any atom is 0.252 e. The summed E-state index contributed by atoms with van der Waals surface area (Å²) in [5, 5.41) is 5.75. The van der Waals surface area contributed by atoms with Gasteiger partial charge >= 0.3 is 0 Å². The predicted molar refractivity (Wildman–Crippen MR) is 101 cm³/mol. The van der Waals surface area contributed by atoms with Crippen molar-refractivity contribution in [3.8, 4) is 17.0 Å². The number of rotatable bonds is 5. The first-order valence-corrected chi connectivity index (χ1v) is 7.94. The van der Waals surface area contributed by atoms with Crippen molar-refractivity contribution in [1.82, 2.24) is 9.97 Å². The molecule has 1 amide bonds. The third kappa shape index (κ3) is 4.27. The molecule has 3 aromatic rings. The monoisotopic (exact) mass is 350 g/mol. The van der Waals surface area contributed by atoms with Gasteiger partial charge in [0.2, 0.25) is 11.9 Å². The lowest BCUT2D eigenvalue weighted by atomic mass is 10.1. The average Bonchev–Trinajstić information content (AvgIpc) is 2.62. The number of carbonyl (C=O) groups is 1. The number of nitrogens with one attached hydrogen (secondary N) is 3. The van der Waals surface area contributed by atoms with Crippen LogP contribution in [0.15, 0.2) is 59.4 Å². The molecule has 0 saturated carbocycles. The van der Waals surface area contributed by atoms with Crippen LogP contribution in [-0.2, 0) is 4.79 Å². The molecule has 0 aliphatic heterocycles. The van der Waals surface area contributed by atoms with Crippen molar-refractivity contribution in [2.45, 2.75) is 6.92 Å². The number of anilines is 3. The van der Waals surface area contributed by atoms with Gasteiger partial charge in [0.1, 0.15) is 5.75 Å². The first-order chi connectivity index (χ1) is 12.5. The molecular formula is C19H18N4O3. The van der Waals surface area contributed by atoms with Crippen molar-refractivity contribution in [3.63, 3.8) is 0 Å². The average molecular weight is 350 g/mol. The number of aromatic nitrogens is 2. The van der Waals surface area contributed by atoms with Crippen LogP contribution in [-0.4, -0.2) is 23.0 Å². The molecule has 0 bridgehead atoms. The molecule has 7 nitrogen and oxygen atoms in total. The third-order valence-corrected chi connectivity index (χ3v) is 3.60. The van der Waals surface area contributed by atoms with E-state index < -0.39 is 0 Å². The van der Waals surface area contributed by atoms with E-state index in [1.165, 1.54) is 13.0 Å². The molecule has 132 valence electrons. The number of aromatic amines is 1. The molecule has 0 fully saturated rings. The van der Waals surface area contributed by atoms with E-state index in [1.807, 2.05) is 24.3 Å². The summed E-state index contributed by atoms with van der Waals surface area (Å²) >= 11 is 0. The highest BCUT2D eigenvalue weighted by molar-refractivity contribution is 5.88. The Morgan fingerprint density at radius 2 is 1.69 bits per heavy atom. The topological polar surface area (TPSA) is 96.1 Å². The molecule has 0 atom stereocenters. The van der Waals surface area contributed by atoms with Gasteiger partial charge < -0.3 is 15.4 Å². The Labute approximate surface area is 150 Å². The molecule has 1 aromatic heterocycles. The number of ether oxygens (including phenoxy) is 1. The van der Waals surface area contributed by atoms with Gasteiger partial charge in [0.25, 0.3) is 5.56 Å². The van der Waals surface area contributed by atoms with Crippen LogP contribution in [0.25, 0.3) is 11.3 Å². The summed E-state index contributed by atoms with van der Waals surface area (Å²) in [6.07, 6.45) is 0. The van der Waals surface area contributed by atoms with Gasteiger partial charge in [-0.15, -0.1) is 0 Å². The lowest BCUT2D eigenvalue weighted by Gasteiger charge is -2.09. The minimum atomic E-state index is -0.261. The second kappa shape index (κ2) is 7.52. The number of nitrogens with zero attached hydrogens (tertiary/aromatic N) is 1. The lowest BCUT2D eigenvalue weighted by Crippen LogP contribution is -2.10. The molecule has 0 aliphatic carbocycles. The van der Waals surface area contributed by atoms with Crippen LogP contribution < -0.4 is 20.9 Å². The van der Waals surface area contributed by atoms with E-state index in [4.69, 9.17) is 4.74 Å². The van der Waals surface area contributed by atoms with Gasteiger partial charge in [-0.3, -0.25) is 14.6 Å². The molecule has 3 N–H and O–H groups in total. The third-order valence-electron chi connectivity index (χ3n) is 3.60. The van der Waals surface area contributed by atoms with Crippen molar-refractivity contribution < 1.29 is 9.53 Å². The number of hydrogen-bond donors (Lipinski definition) is 3. The summed E-state index contributed by atoms with van der Waals surface area (Å²) in [6.45, 7) is 1.45. The fraction of sp³-hybridized carbons (Fsp3) is 0.105. The lowest BCUT2D eigenvalue weighted by molar-refractivity contribution is -0.114. The number of amides is 1. The number of methoxy groups -OCH3 is 1. The Balaban J connectivity index is 1.83. The maximum atomic E-state index is 12.0. The zero-order valence-corrected chi connectivity index (χ0v) is 14.4. The maximum absolute atomic E-state index is 12.0. The smallest absolute Gasteiger partial charge is 0.252 e. The van der Waals surface area contributed by atoms with Crippen LogP contribution in [0.4, 0.5) is 17.3 Å². The van der Waals surface area contributed by atoms with Gasteiger partial charge in [-0.25, -0.2) is 4.98 Å². The van der Waals surface area contributed by atoms with Crippen molar-refractivity contribution >= 4 is 23.2 Å². The van der Waals surface area contributed by atoms with Crippen LogP contribution in [0.3, 0.4) is 0 Å². The molecule has 3 rings (SSSR count). The molecule has 26 heavy (non-hydrogen) atoms.